The zero-order chi connectivity index (χ0) is 18.8. The molecule has 1 amide bonds. The first-order chi connectivity index (χ1) is 13.1. The SMILES string of the molecule is Cc1cccc(N2CCN(C(=O)/C=C/c3cnc4ccccn34)CC2)c1C. The Hall–Kier alpha value is -3.08. The van der Waals surface area contributed by atoms with Gasteiger partial charge in [0.2, 0.25) is 5.91 Å². The number of anilines is 1. The first kappa shape index (κ1) is 17.3. The molecule has 1 aromatic carbocycles. The summed E-state index contributed by atoms with van der Waals surface area (Å²) in [6.07, 6.45) is 7.25. The van der Waals surface area contributed by atoms with Crippen molar-refractivity contribution < 1.29 is 4.79 Å². The Morgan fingerprint density at radius 2 is 1.85 bits per heavy atom. The smallest absolute Gasteiger partial charge is 0.246 e. The van der Waals surface area contributed by atoms with Crippen LogP contribution in [0.3, 0.4) is 0 Å². The molecule has 0 saturated carbocycles. The van der Waals surface area contributed by atoms with E-state index in [1.807, 2.05) is 39.8 Å². The first-order valence-corrected chi connectivity index (χ1v) is 9.34. The Bertz CT molecular complexity index is 996. The molecular weight excluding hydrogens is 336 g/mol. The Labute approximate surface area is 159 Å². The molecule has 4 rings (SSSR count). The predicted molar refractivity (Wildman–Crippen MR) is 109 cm³/mol. The fourth-order valence-electron chi connectivity index (χ4n) is 3.58. The zero-order valence-electron chi connectivity index (χ0n) is 15.8. The van der Waals surface area contributed by atoms with Crippen LogP contribution in [-0.2, 0) is 4.79 Å². The highest BCUT2D eigenvalue weighted by atomic mass is 16.2. The molecule has 1 aliphatic heterocycles. The van der Waals surface area contributed by atoms with Crippen molar-refractivity contribution in [2.75, 3.05) is 31.1 Å². The maximum atomic E-state index is 12.6. The average molecular weight is 360 g/mol. The minimum atomic E-state index is 0.0569. The fourth-order valence-corrected chi connectivity index (χ4v) is 3.58. The van der Waals surface area contributed by atoms with Crippen LogP contribution in [0, 0.1) is 13.8 Å². The van der Waals surface area contributed by atoms with E-state index in [2.05, 4.69) is 41.9 Å². The number of carbonyl (C=O) groups excluding carboxylic acids is 1. The Morgan fingerprint density at radius 3 is 2.67 bits per heavy atom. The van der Waals surface area contributed by atoms with Crippen LogP contribution in [0.1, 0.15) is 16.8 Å². The summed E-state index contributed by atoms with van der Waals surface area (Å²) in [5, 5.41) is 0. The molecule has 1 fully saturated rings. The van der Waals surface area contributed by atoms with Crippen molar-refractivity contribution in [2.24, 2.45) is 0 Å². The average Bonchev–Trinajstić information content (AvgIpc) is 3.12. The standard InChI is InChI=1S/C22H24N4O/c1-17-6-5-7-20(18(17)2)24-12-14-25(15-13-24)22(27)10-9-19-16-23-21-8-3-4-11-26(19)21/h3-11,16H,12-15H2,1-2H3/b10-9+. The van der Waals surface area contributed by atoms with E-state index in [9.17, 15) is 4.79 Å². The number of rotatable bonds is 3. The van der Waals surface area contributed by atoms with Gasteiger partial charge in [-0.25, -0.2) is 4.98 Å². The lowest BCUT2D eigenvalue weighted by molar-refractivity contribution is -0.126. The van der Waals surface area contributed by atoms with Crippen LogP contribution in [0.15, 0.2) is 54.9 Å². The summed E-state index contributed by atoms with van der Waals surface area (Å²) in [6, 6.07) is 12.3. The second-order valence-electron chi connectivity index (χ2n) is 6.98. The molecule has 138 valence electrons. The molecule has 3 aromatic rings. The number of hydrogen-bond acceptors (Lipinski definition) is 3. The minimum Gasteiger partial charge on any atom is -0.368 e. The van der Waals surface area contributed by atoms with Crippen molar-refractivity contribution in [3.8, 4) is 0 Å². The second-order valence-corrected chi connectivity index (χ2v) is 6.98. The molecule has 0 unspecified atom stereocenters. The minimum absolute atomic E-state index is 0.0569. The Morgan fingerprint density at radius 1 is 1.04 bits per heavy atom. The van der Waals surface area contributed by atoms with E-state index < -0.39 is 0 Å². The normalized spacial score (nSPS) is 15.0. The van der Waals surface area contributed by atoms with Gasteiger partial charge in [-0.05, 0) is 49.2 Å². The number of aromatic nitrogens is 2. The van der Waals surface area contributed by atoms with Crippen molar-refractivity contribution in [3.05, 3.63) is 71.7 Å². The van der Waals surface area contributed by atoms with Crippen LogP contribution < -0.4 is 4.90 Å². The highest BCUT2D eigenvalue weighted by Gasteiger charge is 2.21. The van der Waals surface area contributed by atoms with Gasteiger partial charge in [0.1, 0.15) is 5.65 Å². The number of imidazole rings is 1. The number of benzene rings is 1. The summed E-state index contributed by atoms with van der Waals surface area (Å²) in [5.74, 6) is 0.0569. The molecule has 0 spiro atoms. The van der Waals surface area contributed by atoms with Crippen molar-refractivity contribution in [1.29, 1.82) is 0 Å². The van der Waals surface area contributed by atoms with E-state index in [4.69, 9.17) is 0 Å². The van der Waals surface area contributed by atoms with Gasteiger partial charge in [-0.1, -0.05) is 18.2 Å². The van der Waals surface area contributed by atoms with Gasteiger partial charge in [0.25, 0.3) is 0 Å². The van der Waals surface area contributed by atoms with Crippen LogP contribution >= 0.6 is 0 Å². The molecule has 1 saturated heterocycles. The molecule has 3 heterocycles. The number of nitrogens with zero attached hydrogens (tertiary/aromatic N) is 4. The summed E-state index contributed by atoms with van der Waals surface area (Å²) in [4.78, 5) is 21.2. The Balaban J connectivity index is 1.41. The molecule has 5 heteroatoms. The number of carbonyl (C=O) groups is 1. The number of amides is 1. The van der Waals surface area contributed by atoms with E-state index in [-0.39, 0.29) is 5.91 Å². The van der Waals surface area contributed by atoms with Gasteiger partial charge in [0.15, 0.2) is 0 Å². The molecule has 27 heavy (non-hydrogen) atoms. The molecular formula is C22H24N4O. The molecule has 0 aliphatic carbocycles. The van der Waals surface area contributed by atoms with E-state index in [0.29, 0.717) is 0 Å². The van der Waals surface area contributed by atoms with E-state index in [1.165, 1.54) is 16.8 Å². The van der Waals surface area contributed by atoms with Gasteiger partial charge in [-0.3, -0.25) is 4.79 Å². The van der Waals surface area contributed by atoms with Gasteiger partial charge < -0.3 is 14.2 Å². The lowest BCUT2D eigenvalue weighted by atomic mass is 10.1. The molecule has 0 bridgehead atoms. The molecule has 0 N–H and O–H groups in total. The van der Waals surface area contributed by atoms with Crippen molar-refractivity contribution in [3.63, 3.8) is 0 Å². The number of pyridine rings is 1. The molecule has 5 nitrogen and oxygen atoms in total. The quantitative estimate of drug-likeness (QED) is 0.673. The van der Waals surface area contributed by atoms with E-state index in [0.717, 1.165) is 37.5 Å². The van der Waals surface area contributed by atoms with Crippen LogP contribution in [0.5, 0.6) is 0 Å². The molecule has 1 aliphatic rings. The third-order valence-electron chi connectivity index (χ3n) is 5.35. The van der Waals surface area contributed by atoms with Crippen molar-refractivity contribution >= 4 is 23.3 Å². The maximum Gasteiger partial charge on any atom is 0.246 e. The maximum absolute atomic E-state index is 12.6. The van der Waals surface area contributed by atoms with Crippen molar-refractivity contribution in [1.82, 2.24) is 14.3 Å². The summed E-state index contributed by atoms with van der Waals surface area (Å²) in [5.41, 5.74) is 5.70. The summed E-state index contributed by atoms with van der Waals surface area (Å²) >= 11 is 0. The molecule has 2 aromatic heterocycles. The summed E-state index contributed by atoms with van der Waals surface area (Å²) in [6.45, 7) is 7.51. The third-order valence-corrected chi connectivity index (χ3v) is 5.35. The number of aryl methyl sites for hydroxylation is 1. The first-order valence-electron chi connectivity index (χ1n) is 9.34. The monoisotopic (exact) mass is 360 g/mol. The van der Waals surface area contributed by atoms with Gasteiger partial charge in [0, 0.05) is 44.1 Å². The fraction of sp³-hybridized carbons (Fsp3) is 0.273. The predicted octanol–water partition coefficient (Wildman–Crippen LogP) is 3.31. The summed E-state index contributed by atoms with van der Waals surface area (Å²) < 4.78 is 1.97. The van der Waals surface area contributed by atoms with Crippen LogP contribution in [0.25, 0.3) is 11.7 Å². The second kappa shape index (κ2) is 7.27. The zero-order valence-corrected chi connectivity index (χ0v) is 15.8. The van der Waals surface area contributed by atoms with Gasteiger partial charge in [-0.15, -0.1) is 0 Å². The largest absolute Gasteiger partial charge is 0.368 e. The van der Waals surface area contributed by atoms with Gasteiger partial charge >= 0.3 is 0 Å². The lowest BCUT2D eigenvalue weighted by Gasteiger charge is -2.36. The van der Waals surface area contributed by atoms with Gasteiger partial charge in [0.05, 0.1) is 11.9 Å². The van der Waals surface area contributed by atoms with E-state index in [1.54, 1.807) is 12.3 Å². The topological polar surface area (TPSA) is 40.8 Å². The molecule has 0 atom stereocenters. The molecule has 0 radical (unpaired) electrons. The summed E-state index contributed by atoms with van der Waals surface area (Å²) in [7, 11) is 0. The van der Waals surface area contributed by atoms with Crippen molar-refractivity contribution in [2.45, 2.75) is 13.8 Å². The third kappa shape index (κ3) is 3.45. The van der Waals surface area contributed by atoms with E-state index >= 15 is 0 Å². The van der Waals surface area contributed by atoms with Crippen LogP contribution in [-0.4, -0.2) is 46.4 Å². The number of piperazine rings is 1. The highest BCUT2D eigenvalue weighted by Crippen LogP contribution is 2.24. The number of hydrogen-bond donors (Lipinski definition) is 0. The van der Waals surface area contributed by atoms with Crippen LogP contribution in [0.4, 0.5) is 5.69 Å². The van der Waals surface area contributed by atoms with Gasteiger partial charge in [-0.2, -0.15) is 0 Å². The van der Waals surface area contributed by atoms with Crippen LogP contribution in [0.2, 0.25) is 0 Å². The highest BCUT2D eigenvalue weighted by molar-refractivity contribution is 5.91. The Kier molecular flexibility index (Phi) is 4.67. The lowest BCUT2D eigenvalue weighted by Crippen LogP contribution is -2.48. The number of fused-ring (bicyclic) bond motifs is 1.